The fourth-order valence-corrected chi connectivity index (χ4v) is 3.11. The van der Waals surface area contributed by atoms with Crippen LogP contribution in [0.5, 0.6) is 0 Å². The molecule has 21 heavy (non-hydrogen) atoms. The van der Waals surface area contributed by atoms with Crippen molar-refractivity contribution in [1.29, 1.82) is 0 Å². The Labute approximate surface area is 123 Å². The average Bonchev–Trinajstić information content (AvgIpc) is 2.90. The van der Waals surface area contributed by atoms with Gasteiger partial charge < -0.3 is 10.0 Å². The second kappa shape index (κ2) is 6.24. The fourth-order valence-electron chi connectivity index (χ4n) is 3.11. The highest BCUT2D eigenvalue weighted by Gasteiger charge is 2.43. The number of para-hydroxylation sites is 1. The summed E-state index contributed by atoms with van der Waals surface area (Å²) in [7, 11) is 1.50. The van der Waals surface area contributed by atoms with Crippen LogP contribution in [-0.4, -0.2) is 24.0 Å². The maximum atomic E-state index is 13.8. The lowest BCUT2D eigenvalue weighted by atomic mass is 9.94. The summed E-state index contributed by atoms with van der Waals surface area (Å²) in [6, 6.07) is 6.02. The standard InChI is InChI=1S/C16H20FNO3/c1-3-10-8-11(12(9-10)16(20)21)15(19)18(2)14-7-5-4-6-13(14)17/h4-7,10-12H,3,8-9H2,1-2H3,(H,20,21)/t10?,11-,12+/m0/s1. The molecular weight excluding hydrogens is 273 g/mol. The van der Waals surface area contributed by atoms with Gasteiger partial charge in [-0.05, 0) is 30.9 Å². The molecule has 0 radical (unpaired) electrons. The van der Waals surface area contributed by atoms with Crippen molar-refractivity contribution in [3.63, 3.8) is 0 Å². The molecule has 0 aliphatic heterocycles. The molecule has 1 fully saturated rings. The van der Waals surface area contributed by atoms with Crippen molar-refractivity contribution < 1.29 is 19.1 Å². The topological polar surface area (TPSA) is 57.6 Å². The van der Waals surface area contributed by atoms with Crippen molar-refractivity contribution >= 4 is 17.6 Å². The highest BCUT2D eigenvalue weighted by atomic mass is 19.1. The third-order valence-corrected chi connectivity index (χ3v) is 4.42. The van der Waals surface area contributed by atoms with E-state index in [1.165, 1.54) is 24.1 Å². The summed E-state index contributed by atoms with van der Waals surface area (Å²) in [5, 5.41) is 9.31. The lowest BCUT2D eigenvalue weighted by molar-refractivity contribution is -0.145. The molecule has 3 atom stereocenters. The molecule has 0 aromatic heterocycles. The minimum atomic E-state index is -0.939. The Morgan fingerprint density at radius 2 is 1.90 bits per heavy atom. The Balaban J connectivity index is 2.22. The molecule has 2 rings (SSSR count). The van der Waals surface area contributed by atoms with Crippen LogP contribution in [0.4, 0.5) is 10.1 Å². The lowest BCUT2D eigenvalue weighted by Gasteiger charge is -2.23. The number of benzene rings is 1. The van der Waals surface area contributed by atoms with E-state index in [4.69, 9.17) is 0 Å². The highest BCUT2D eigenvalue weighted by molar-refractivity contribution is 5.97. The molecule has 1 aliphatic carbocycles. The molecule has 0 spiro atoms. The van der Waals surface area contributed by atoms with Crippen LogP contribution >= 0.6 is 0 Å². The predicted octanol–water partition coefficient (Wildman–Crippen LogP) is 2.93. The Morgan fingerprint density at radius 3 is 2.48 bits per heavy atom. The number of hydrogen-bond acceptors (Lipinski definition) is 2. The molecule has 5 heteroatoms. The van der Waals surface area contributed by atoms with Crippen LogP contribution in [0, 0.1) is 23.6 Å². The summed E-state index contributed by atoms with van der Waals surface area (Å²) in [5.41, 5.74) is 0.187. The van der Waals surface area contributed by atoms with Gasteiger partial charge >= 0.3 is 5.97 Å². The molecule has 1 unspecified atom stereocenters. The minimum Gasteiger partial charge on any atom is -0.481 e. The predicted molar refractivity (Wildman–Crippen MR) is 77.4 cm³/mol. The van der Waals surface area contributed by atoms with Gasteiger partial charge in [0.1, 0.15) is 5.82 Å². The summed E-state index contributed by atoms with van der Waals surface area (Å²) < 4.78 is 13.8. The maximum absolute atomic E-state index is 13.8. The van der Waals surface area contributed by atoms with Gasteiger partial charge in [-0.1, -0.05) is 25.5 Å². The Bertz CT molecular complexity index is 546. The first-order valence-electron chi connectivity index (χ1n) is 7.20. The molecule has 4 nitrogen and oxygen atoms in total. The van der Waals surface area contributed by atoms with E-state index in [0.29, 0.717) is 12.8 Å². The third-order valence-electron chi connectivity index (χ3n) is 4.42. The van der Waals surface area contributed by atoms with E-state index in [0.717, 1.165) is 6.42 Å². The van der Waals surface area contributed by atoms with Gasteiger partial charge in [0, 0.05) is 7.05 Å². The van der Waals surface area contributed by atoms with Gasteiger partial charge in [0.2, 0.25) is 5.91 Å². The number of carbonyl (C=O) groups is 2. The van der Waals surface area contributed by atoms with E-state index in [2.05, 4.69) is 0 Å². The molecule has 0 saturated heterocycles. The first-order valence-corrected chi connectivity index (χ1v) is 7.20. The van der Waals surface area contributed by atoms with Crippen LogP contribution in [0.3, 0.4) is 0 Å². The molecule has 1 aromatic rings. The lowest BCUT2D eigenvalue weighted by Crippen LogP contribution is -2.37. The Morgan fingerprint density at radius 1 is 1.29 bits per heavy atom. The van der Waals surface area contributed by atoms with Gasteiger partial charge in [-0.15, -0.1) is 0 Å². The Hall–Kier alpha value is -1.91. The van der Waals surface area contributed by atoms with Crippen LogP contribution in [0.1, 0.15) is 26.2 Å². The molecular formula is C16H20FNO3. The second-order valence-corrected chi connectivity index (χ2v) is 5.65. The number of nitrogens with zero attached hydrogens (tertiary/aromatic N) is 1. The van der Waals surface area contributed by atoms with Crippen molar-refractivity contribution in [2.75, 3.05) is 11.9 Å². The van der Waals surface area contributed by atoms with Crippen LogP contribution in [0.25, 0.3) is 0 Å². The van der Waals surface area contributed by atoms with Gasteiger partial charge in [-0.25, -0.2) is 4.39 Å². The van der Waals surface area contributed by atoms with Crippen LogP contribution in [0.15, 0.2) is 24.3 Å². The van der Waals surface area contributed by atoms with Crippen molar-refractivity contribution in [1.82, 2.24) is 0 Å². The van der Waals surface area contributed by atoms with E-state index in [9.17, 15) is 19.1 Å². The molecule has 1 aliphatic rings. The van der Waals surface area contributed by atoms with Crippen molar-refractivity contribution in [3.8, 4) is 0 Å². The van der Waals surface area contributed by atoms with Gasteiger partial charge in [-0.3, -0.25) is 9.59 Å². The zero-order chi connectivity index (χ0) is 15.6. The molecule has 114 valence electrons. The largest absolute Gasteiger partial charge is 0.481 e. The zero-order valence-electron chi connectivity index (χ0n) is 12.3. The number of carboxylic acids is 1. The quantitative estimate of drug-likeness (QED) is 0.928. The number of rotatable bonds is 4. The highest BCUT2D eigenvalue weighted by Crippen LogP contribution is 2.39. The monoisotopic (exact) mass is 293 g/mol. The van der Waals surface area contributed by atoms with Crippen LogP contribution < -0.4 is 4.90 Å². The van der Waals surface area contributed by atoms with Gasteiger partial charge in [0.05, 0.1) is 17.5 Å². The van der Waals surface area contributed by atoms with Gasteiger partial charge in [-0.2, -0.15) is 0 Å². The van der Waals surface area contributed by atoms with Gasteiger partial charge in [0.25, 0.3) is 0 Å². The van der Waals surface area contributed by atoms with Crippen LogP contribution in [-0.2, 0) is 9.59 Å². The molecule has 0 bridgehead atoms. The fraction of sp³-hybridized carbons (Fsp3) is 0.500. The van der Waals surface area contributed by atoms with E-state index >= 15 is 0 Å². The van der Waals surface area contributed by atoms with Gasteiger partial charge in [0.15, 0.2) is 0 Å². The molecule has 1 amide bonds. The SMILES string of the molecule is CCC1C[C@H](C(=O)N(C)c2ccccc2F)[C@H](C(=O)O)C1. The molecule has 1 N–H and O–H groups in total. The summed E-state index contributed by atoms with van der Waals surface area (Å²) in [6.07, 6.45) is 1.94. The van der Waals surface area contributed by atoms with E-state index in [1.807, 2.05) is 6.92 Å². The number of halogens is 1. The molecule has 1 aromatic carbocycles. The third kappa shape index (κ3) is 3.06. The molecule has 1 saturated carbocycles. The summed E-state index contributed by atoms with van der Waals surface area (Å²) in [5.74, 6) is -2.73. The zero-order valence-corrected chi connectivity index (χ0v) is 12.3. The van der Waals surface area contributed by atoms with Crippen molar-refractivity contribution in [2.24, 2.45) is 17.8 Å². The number of hydrogen-bond donors (Lipinski definition) is 1. The van der Waals surface area contributed by atoms with Crippen molar-refractivity contribution in [3.05, 3.63) is 30.1 Å². The maximum Gasteiger partial charge on any atom is 0.307 e. The number of carbonyl (C=O) groups excluding carboxylic acids is 1. The summed E-state index contributed by atoms with van der Waals surface area (Å²) >= 11 is 0. The van der Waals surface area contributed by atoms with Crippen molar-refractivity contribution in [2.45, 2.75) is 26.2 Å². The second-order valence-electron chi connectivity index (χ2n) is 5.65. The Kier molecular flexibility index (Phi) is 4.60. The summed E-state index contributed by atoms with van der Waals surface area (Å²) in [4.78, 5) is 25.2. The number of aliphatic carboxylic acids is 1. The van der Waals surface area contributed by atoms with E-state index in [-0.39, 0.29) is 17.5 Å². The molecule has 0 heterocycles. The normalized spacial score (nSPS) is 24.8. The number of anilines is 1. The minimum absolute atomic E-state index is 0.187. The van der Waals surface area contributed by atoms with E-state index < -0.39 is 23.6 Å². The number of carboxylic acid groups (broad SMARTS) is 1. The number of amides is 1. The summed E-state index contributed by atoms with van der Waals surface area (Å²) in [6.45, 7) is 2.00. The first kappa shape index (κ1) is 15.5. The smallest absolute Gasteiger partial charge is 0.307 e. The average molecular weight is 293 g/mol. The first-order chi connectivity index (χ1) is 9.95. The van der Waals surface area contributed by atoms with E-state index in [1.54, 1.807) is 12.1 Å². The van der Waals surface area contributed by atoms with Crippen LogP contribution in [0.2, 0.25) is 0 Å².